The summed E-state index contributed by atoms with van der Waals surface area (Å²) >= 11 is 0. The molecule has 2 heterocycles. The lowest BCUT2D eigenvalue weighted by Gasteiger charge is -2.21. The number of imide groups is 1. The van der Waals surface area contributed by atoms with Crippen molar-refractivity contribution in [3.05, 3.63) is 60.2 Å². The fourth-order valence-electron chi connectivity index (χ4n) is 2.57. The number of hydrazine groups is 1. The minimum atomic E-state index is -1.08. The van der Waals surface area contributed by atoms with Crippen LogP contribution in [0.5, 0.6) is 0 Å². The number of carbonyl (C=O) groups excluding carboxylic acids is 3. The molecule has 0 saturated carbocycles. The van der Waals surface area contributed by atoms with E-state index < -0.39 is 23.4 Å². The fourth-order valence-corrected chi connectivity index (χ4v) is 2.57. The smallest absolute Gasteiger partial charge is 0.322 e. The van der Waals surface area contributed by atoms with Crippen molar-refractivity contribution < 1.29 is 14.4 Å². The maximum atomic E-state index is 12.6. The molecule has 1 aliphatic heterocycles. The summed E-state index contributed by atoms with van der Waals surface area (Å²) in [4.78, 5) is 44.5. The molecule has 1 aromatic heterocycles. The van der Waals surface area contributed by atoms with Crippen molar-refractivity contribution in [2.75, 3.05) is 0 Å². The molecule has 2 N–H and O–H groups in total. The van der Waals surface area contributed by atoms with E-state index in [1.807, 2.05) is 30.3 Å². The van der Waals surface area contributed by atoms with Crippen LogP contribution in [0, 0.1) is 0 Å². The summed E-state index contributed by atoms with van der Waals surface area (Å²) in [5, 5.41) is 3.34. The van der Waals surface area contributed by atoms with Crippen molar-refractivity contribution in [1.29, 1.82) is 0 Å². The molecule has 128 valence electrons. The molecule has 0 spiro atoms. The van der Waals surface area contributed by atoms with Crippen LogP contribution < -0.4 is 10.7 Å². The molecule has 0 unspecified atom stereocenters. The molecule has 1 saturated heterocycles. The summed E-state index contributed by atoms with van der Waals surface area (Å²) in [7, 11) is 0. The third-order valence-corrected chi connectivity index (χ3v) is 4.03. The van der Waals surface area contributed by atoms with Gasteiger partial charge in [0.25, 0.3) is 11.8 Å². The second-order valence-corrected chi connectivity index (χ2v) is 5.92. The Morgan fingerprint density at radius 1 is 1.24 bits per heavy atom. The average molecular weight is 339 g/mol. The van der Waals surface area contributed by atoms with Gasteiger partial charge in [0.2, 0.25) is 0 Å². The van der Waals surface area contributed by atoms with E-state index in [-0.39, 0.29) is 5.69 Å². The number of amides is 4. The van der Waals surface area contributed by atoms with Crippen molar-refractivity contribution in [2.45, 2.75) is 25.3 Å². The molecular formula is C17H17N5O3. The summed E-state index contributed by atoms with van der Waals surface area (Å²) in [6, 6.07) is 8.99. The van der Waals surface area contributed by atoms with Gasteiger partial charge in [0.05, 0.1) is 6.20 Å². The molecule has 3 rings (SSSR count). The summed E-state index contributed by atoms with van der Waals surface area (Å²) < 4.78 is 0. The van der Waals surface area contributed by atoms with Gasteiger partial charge in [-0.25, -0.2) is 9.78 Å². The predicted octanol–water partition coefficient (Wildman–Crippen LogP) is 1.06. The largest absolute Gasteiger partial charge is 0.344 e. The molecule has 1 aromatic carbocycles. The number of carbonyl (C=O) groups is 3. The van der Waals surface area contributed by atoms with Crippen molar-refractivity contribution >= 4 is 17.8 Å². The molecule has 1 aliphatic rings. The van der Waals surface area contributed by atoms with Crippen LogP contribution in [0.4, 0.5) is 4.79 Å². The SMILES string of the molecule is C[C@@]1(CCc2ccccc2)NC(=O)N(NC(=O)c2cnccn2)C1=O. The Morgan fingerprint density at radius 2 is 2.00 bits per heavy atom. The molecule has 1 atom stereocenters. The van der Waals surface area contributed by atoms with E-state index in [2.05, 4.69) is 20.7 Å². The Bertz CT molecular complexity index is 796. The first-order valence-electron chi connectivity index (χ1n) is 7.77. The average Bonchev–Trinajstić information content (AvgIpc) is 2.85. The lowest BCUT2D eigenvalue weighted by atomic mass is 9.93. The van der Waals surface area contributed by atoms with Gasteiger partial charge in [-0.2, -0.15) is 5.01 Å². The molecule has 4 amide bonds. The van der Waals surface area contributed by atoms with Gasteiger partial charge in [-0.1, -0.05) is 30.3 Å². The van der Waals surface area contributed by atoms with Gasteiger partial charge in [-0.05, 0) is 25.3 Å². The Labute approximate surface area is 144 Å². The zero-order chi connectivity index (χ0) is 17.9. The van der Waals surface area contributed by atoms with E-state index in [1.165, 1.54) is 18.6 Å². The van der Waals surface area contributed by atoms with Gasteiger partial charge in [-0.15, -0.1) is 0 Å². The van der Waals surface area contributed by atoms with Gasteiger partial charge >= 0.3 is 6.03 Å². The molecule has 8 heteroatoms. The number of nitrogens with one attached hydrogen (secondary N) is 2. The first-order valence-corrected chi connectivity index (χ1v) is 7.77. The number of rotatable bonds is 5. The Kier molecular flexibility index (Phi) is 4.42. The molecule has 0 aliphatic carbocycles. The third-order valence-electron chi connectivity index (χ3n) is 4.03. The third kappa shape index (κ3) is 3.47. The highest BCUT2D eigenvalue weighted by molar-refractivity contribution is 6.08. The lowest BCUT2D eigenvalue weighted by molar-refractivity contribution is -0.132. The van der Waals surface area contributed by atoms with Crippen molar-refractivity contribution in [3.8, 4) is 0 Å². The minimum absolute atomic E-state index is 0.0148. The highest BCUT2D eigenvalue weighted by atomic mass is 16.2. The fraction of sp³-hybridized carbons (Fsp3) is 0.235. The summed E-state index contributed by atoms with van der Waals surface area (Å²) in [5.41, 5.74) is 2.28. The van der Waals surface area contributed by atoms with Gasteiger partial charge in [0.15, 0.2) is 0 Å². The van der Waals surface area contributed by atoms with Crippen LogP contribution in [0.3, 0.4) is 0 Å². The van der Waals surface area contributed by atoms with Gasteiger partial charge in [0.1, 0.15) is 11.2 Å². The quantitative estimate of drug-likeness (QED) is 0.793. The van der Waals surface area contributed by atoms with Crippen LogP contribution in [0.2, 0.25) is 0 Å². The van der Waals surface area contributed by atoms with Gasteiger partial charge in [0, 0.05) is 12.4 Å². The normalized spacial score (nSPS) is 19.6. The van der Waals surface area contributed by atoms with E-state index >= 15 is 0 Å². The van der Waals surface area contributed by atoms with Crippen LogP contribution in [-0.2, 0) is 11.2 Å². The minimum Gasteiger partial charge on any atom is -0.322 e. The zero-order valence-electron chi connectivity index (χ0n) is 13.6. The van der Waals surface area contributed by atoms with Crippen LogP contribution in [0.1, 0.15) is 29.4 Å². The van der Waals surface area contributed by atoms with E-state index in [1.54, 1.807) is 6.92 Å². The van der Waals surface area contributed by atoms with Crippen LogP contribution in [0.15, 0.2) is 48.9 Å². The molecular weight excluding hydrogens is 322 g/mol. The standard InChI is InChI=1S/C17H17N5O3/c1-17(8-7-12-5-3-2-4-6-12)15(24)22(16(25)20-17)21-14(23)13-11-18-9-10-19-13/h2-6,9-11H,7-8H2,1H3,(H,20,25)(H,21,23)/t17-/m0/s1. The van der Waals surface area contributed by atoms with Crippen LogP contribution in [0.25, 0.3) is 0 Å². The maximum absolute atomic E-state index is 12.6. The zero-order valence-corrected chi connectivity index (χ0v) is 13.6. The molecule has 25 heavy (non-hydrogen) atoms. The molecule has 0 radical (unpaired) electrons. The second kappa shape index (κ2) is 6.68. The Morgan fingerprint density at radius 3 is 2.68 bits per heavy atom. The van der Waals surface area contributed by atoms with Crippen molar-refractivity contribution in [3.63, 3.8) is 0 Å². The molecule has 8 nitrogen and oxygen atoms in total. The number of benzene rings is 1. The first kappa shape index (κ1) is 16.6. The number of urea groups is 1. The van der Waals surface area contributed by atoms with Gasteiger partial charge in [-0.3, -0.25) is 20.0 Å². The summed E-state index contributed by atoms with van der Waals surface area (Å²) in [6.07, 6.45) is 5.06. The van der Waals surface area contributed by atoms with Crippen molar-refractivity contribution in [1.82, 2.24) is 25.7 Å². The number of hydrogen-bond acceptors (Lipinski definition) is 5. The lowest BCUT2D eigenvalue weighted by Crippen LogP contribution is -2.49. The predicted molar refractivity (Wildman–Crippen MR) is 88.0 cm³/mol. The van der Waals surface area contributed by atoms with Crippen LogP contribution in [-0.4, -0.2) is 38.4 Å². The highest BCUT2D eigenvalue weighted by Gasteiger charge is 2.48. The molecule has 2 aromatic rings. The highest BCUT2D eigenvalue weighted by Crippen LogP contribution is 2.22. The maximum Gasteiger partial charge on any atom is 0.344 e. The number of nitrogens with zero attached hydrogens (tertiary/aromatic N) is 3. The Hall–Kier alpha value is -3.29. The van der Waals surface area contributed by atoms with E-state index in [0.29, 0.717) is 17.9 Å². The Balaban J connectivity index is 1.68. The van der Waals surface area contributed by atoms with E-state index in [4.69, 9.17) is 0 Å². The summed E-state index contributed by atoms with van der Waals surface area (Å²) in [5.74, 6) is -1.19. The second-order valence-electron chi connectivity index (χ2n) is 5.92. The monoisotopic (exact) mass is 339 g/mol. The molecule has 1 fully saturated rings. The number of aromatic nitrogens is 2. The number of aryl methyl sites for hydroxylation is 1. The topological polar surface area (TPSA) is 104 Å². The first-order chi connectivity index (χ1) is 12.0. The van der Waals surface area contributed by atoms with E-state index in [9.17, 15) is 14.4 Å². The van der Waals surface area contributed by atoms with Crippen LogP contribution >= 0.6 is 0 Å². The molecule has 0 bridgehead atoms. The van der Waals surface area contributed by atoms with Gasteiger partial charge < -0.3 is 5.32 Å². The van der Waals surface area contributed by atoms with Crippen molar-refractivity contribution in [2.24, 2.45) is 0 Å². The van der Waals surface area contributed by atoms with E-state index in [0.717, 1.165) is 5.56 Å². The number of hydrogen-bond donors (Lipinski definition) is 2. The summed E-state index contributed by atoms with van der Waals surface area (Å²) in [6.45, 7) is 1.64.